The number of amides is 1. The summed E-state index contributed by atoms with van der Waals surface area (Å²) in [6.07, 6.45) is 6.92. The maximum atomic E-state index is 11.8. The fourth-order valence-electron chi connectivity index (χ4n) is 1.81. The van der Waals surface area contributed by atoms with Crippen molar-refractivity contribution in [3.63, 3.8) is 0 Å². The van der Waals surface area contributed by atoms with Crippen LogP contribution in [-0.4, -0.2) is 41.7 Å². The highest BCUT2D eigenvalue weighted by Gasteiger charge is 2.16. The average molecular weight is 262 g/mol. The summed E-state index contributed by atoms with van der Waals surface area (Å²) in [5, 5.41) is 5.77. The average Bonchev–Trinajstić information content (AvgIpc) is 2.96. The van der Waals surface area contributed by atoms with Crippen molar-refractivity contribution in [2.45, 2.75) is 18.9 Å². The van der Waals surface area contributed by atoms with Gasteiger partial charge in [-0.25, -0.2) is 9.97 Å². The van der Waals surface area contributed by atoms with E-state index < -0.39 is 0 Å². The van der Waals surface area contributed by atoms with E-state index in [0.29, 0.717) is 24.6 Å². The molecule has 1 aliphatic heterocycles. The highest BCUT2D eigenvalue weighted by Crippen LogP contribution is 2.10. The van der Waals surface area contributed by atoms with Gasteiger partial charge in [0.1, 0.15) is 0 Å². The highest BCUT2D eigenvalue weighted by atomic mass is 16.5. The molecule has 6 nitrogen and oxygen atoms in total. The third kappa shape index (κ3) is 4.03. The van der Waals surface area contributed by atoms with E-state index in [1.165, 1.54) is 12.4 Å². The van der Waals surface area contributed by atoms with Crippen molar-refractivity contribution in [3.05, 3.63) is 30.6 Å². The Morgan fingerprint density at radius 2 is 2.32 bits per heavy atom. The van der Waals surface area contributed by atoms with E-state index in [0.717, 1.165) is 19.4 Å². The predicted molar refractivity (Wildman–Crippen MR) is 72.0 cm³/mol. The molecule has 2 N–H and O–H groups in total. The second kappa shape index (κ2) is 6.84. The highest BCUT2D eigenvalue weighted by molar-refractivity contribution is 5.93. The van der Waals surface area contributed by atoms with Crippen molar-refractivity contribution in [2.24, 2.45) is 0 Å². The Balaban J connectivity index is 1.82. The molecule has 1 saturated heterocycles. The van der Waals surface area contributed by atoms with E-state index in [1.54, 1.807) is 6.08 Å². The summed E-state index contributed by atoms with van der Waals surface area (Å²) < 4.78 is 5.44. The first kappa shape index (κ1) is 13.5. The zero-order valence-corrected chi connectivity index (χ0v) is 10.8. The van der Waals surface area contributed by atoms with Gasteiger partial charge < -0.3 is 15.4 Å². The second-order valence-corrected chi connectivity index (χ2v) is 4.31. The van der Waals surface area contributed by atoms with Crippen LogP contribution in [0.5, 0.6) is 0 Å². The minimum Gasteiger partial charge on any atom is -0.376 e. The van der Waals surface area contributed by atoms with Crippen LogP contribution in [0.2, 0.25) is 0 Å². The van der Waals surface area contributed by atoms with Crippen LogP contribution >= 0.6 is 0 Å². The Bertz CT molecular complexity index is 427. The number of hydrogen-bond acceptors (Lipinski definition) is 5. The monoisotopic (exact) mass is 262 g/mol. The third-order valence-corrected chi connectivity index (χ3v) is 2.83. The summed E-state index contributed by atoms with van der Waals surface area (Å²) in [4.78, 5) is 20.0. The number of aromatic nitrogens is 2. The number of nitrogens with one attached hydrogen (secondary N) is 2. The summed E-state index contributed by atoms with van der Waals surface area (Å²) >= 11 is 0. The standard InChI is InChI=1S/C13H18N4O2/c1-2-5-14-13-16-7-10(8-17-13)12(18)15-9-11-4-3-6-19-11/h2,7-8,11H,1,3-6,9H2,(H,15,18)(H,14,16,17). The number of ether oxygens (including phenoxy) is 1. The fraction of sp³-hybridized carbons (Fsp3) is 0.462. The summed E-state index contributed by atoms with van der Waals surface area (Å²) in [5.41, 5.74) is 0.446. The first-order valence-corrected chi connectivity index (χ1v) is 6.36. The van der Waals surface area contributed by atoms with Gasteiger partial charge in [-0.1, -0.05) is 6.08 Å². The van der Waals surface area contributed by atoms with E-state index in [4.69, 9.17) is 4.74 Å². The van der Waals surface area contributed by atoms with Crippen molar-refractivity contribution in [1.82, 2.24) is 15.3 Å². The molecule has 0 spiro atoms. The molecule has 2 rings (SSSR count). The van der Waals surface area contributed by atoms with Gasteiger partial charge in [-0.2, -0.15) is 0 Å². The van der Waals surface area contributed by atoms with Gasteiger partial charge in [-0.05, 0) is 12.8 Å². The Morgan fingerprint density at radius 3 is 2.95 bits per heavy atom. The Labute approximate surface area is 112 Å². The number of nitrogens with zero attached hydrogens (tertiary/aromatic N) is 2. The molecule has 102 valence electrons. The largest absolute Gasteiger partial charge is 0.376 e. The molecule has 0 aliphatic carbocycles. The lowest BCUT2D eigenvalue weighted by Gasteiger charge is -2.10. The van der Waals surface area contributed by atoms with Crippen molar-refractivity contribution in [2.75, 3.05) is 25.0 Å². The molecule has 19 heavy (non-hydrogen) atoms. The number of rotatable bonds is 6. The second-order valence-electron chi connectivity index (χ2n) is 4.31. The maximum Gasteiger partial charge on any atom is 0.254 e. The van der Waals surface area contributed by atoms with Crippen LogP contribution in [0.1, 0.15) is 23.2 Å². The molecular formula is C13H18N4O2. The van der Waals surface area contributed by atoms with E-state index in [1.807, 2.05) is 0 Å². The first-order chi connectivity index (χ1) is 9.29. The molecule has 1 aliphatic rings. The number of anilines is 1. The van der Waals surface area contributed by atoms with E-state index in [2.05, 4.69) is 27.2 Å². The zero-order chi connectivity index (χ0) is 13.5. The van der Waals surface area contributed by atoms with Gasteiger partial charge in [0, 0.05) is 32.1 Å². The van der Waals surface area contributed by atoms with Gasteiger partial charge in [0.05, 0.1) is 11.7 Å². The van der Waals surface area contributed by atoms with Gasteiger partial charge in [0.2, 0.25) is 5.95 Å². The normalized spacial score (nSPS) is 18.0. The first-order valence-electron chi connectivity index (χ1n) is 6.36. The lowest BCUT2D eigenvalue weighted by Crippen LogP contribution is -2.31. The molecule has 6 heteroatoms. The quantitative estimate of drug-likeness (QED) is 0.747. The molecule has 1 amide bonds. The van der Waals surface area contributed by atoms with Crippen molar-refractivity contribution in [1.29, 1.82) is 0 Å². The van der Waals surface area contributed by atoms with Crippen LogP contribution in [0, 0.1) is 0 Å². The predicted octanol–water partition coefficient (Wildman–Crippen LogP) is 0.983. The molecule has 1 aromatic rings. The zero-order valence-electron chi connectivity index (χ0n) is 10.8. The van der Waals surface area contributed by atoms with Crippen LogP contribution in [-0.2, 0) is 4.74 Å². The summed E-state index contributed by atoms with van der Waals surface area (Å²) in [7, 11) is 0. The minimum absolute atomic E-state index is 0.137. The van der Waals surface area contributed by atoms with Gasteiger partial charge in [-0.3, -0.25) is 4.79 Å². The molecule has 1 atom stereocenters. The SMILES string of the molecule is C=CCNc1ncc(C(=O)NCC2CCCO2)cn1. The van der Waals surface area contributed by atoms with E-state index in [9.17, 15) is 4.79 Å². The Kier molecular flexibility index (Phi) is 4.85. The van der Waals surface area contributed by atoms with E-state index in [-0.39, 0.29) is 12.0 Å². The van der Waals surface area contributed by atoms with Crippen molar-refractivity contribution < 1.29 is 9.53 Å². The molecular weight excluding hydrogens is 244 g/mol. The van der Waals surface area contributed by atoms with Crippen LogP contribution < -0.4 is 10.6 Å². The fourth-order valence-corrected chi connectivity index (χ4v) is 1.81. The molecule has 0 saturated carbocycles. The smallest absolute Gasteiger partial charge is 0.254 e. The van der Waals surface area contributed by atoms with Gasteiger partial charge in [-0.15, -0.1) is 6.58 Å². The maximum absolute atomic E-state index is 11.8. The molecule has 1 unspecified atom stereocenters. The Morgan fingerprint density at radius 1 is 1.53 bits per heavy atom. The number of carbonyl (C=O) groups is 1. The van der Waals surface area contributed by atoms with Gasteiger partial charge >= 0.3 is 0 Å². The molecule has 1 fully saturated rings. The minimum atomic E-state index is -0.175. The number of hydrogen-bond donors (Lipinski definition) is 2. The van der Waals surface area contributed by atoms with Crippen molar-refractivity contribution in [3.8, 4) is 0 Å². The van der Waals surface area contributed by atoms with E-state index >= 15 is 0 Å². The van der Waals surface area contributed by atoms with Gasteiger partial charge in [0.15, 0.2) is 0 Å². The molecule has 0 bridgehead atoms. The lowest BCUT2D eigenvalue weighted by atomic mass is 10.2. The number of carbonyl (C=O) groups excluding carboxylic acids is 1. The topological polar surface area (TPSA) is 76.1 Å². The molecule has 0 radical (unpaired) electrons. The third-order valence-electron chi connectivity index (χ3n) is 2.83. The van der Waals surface area contributed by atoms with Crippen LogP contribution in [0.4, 0.5) is 5.95 Å². The Hall–Kier alpha value is -1.95. The van der Waals surface area contributed by atoms with Crippen molar-refractivity contribution >= 4 is 11.9 Å². The summed E-state index contributed by atoms with van der Waals surface area (Å²) in [6.45, 7) is 5.50. The summed E-state index contributed by atoms with van der Waals surface area (Å²) in [6, 6.07) is 0. The molecule has 1 aromatic heterocycles. The molecule has 0 aromatic carbocycles. The lowest BCUT2D eigenvalue weighted by molar-refractivity contribution is 0.0857. The van der Waals surface area contributed by atoms with Crippen LogP contribution in [0.25, 0.3) is 0 Å². The molecule has 2 heterocycles. The summed E-state index contributed by atoms with van der Waals surface area (Å²) in [5.74, 6) is 0.307. The van der Waals surface area contributed by atoms with Crippen LogP contribution in [0.3, 0.4) is 0 Å². The van der Waals surface area contributed by atoms with Gasteiger partial charge in [0.25, 0.3) is 5.91 Å². The van der Waals surface area contributed by atoms with Crippen LogP contribution in [0.15, 0.2) is 25.0 Å².